The van der Waals surface area contributed by atoms with E-state index in [9.17, 15) is 19.8 Å². The van der Waals surface area contributed by atoms with E-state index in [0.717, 1.165) is 38.5 Å². The van der Waals surface area contributed by atoms with Gasteiger partial charge >= 0.3 is 5.97 Å². The minimum Gasteiger partial charge on any atom is -0.466 e. The van der Waals surface area contributed by atoms with Crippen LogP contribution in [0.1, 0.15) is 412 Å². The summed E-state index contributed by atoms with van der Waals surface area (Å²) >= 11 is 0. The number of unbranched alkanes of at least 4 members (excludes halogenated alkanes) is 57. The molecule has 1 amide bonds. The Kier molecular flexibility index (Phi) is 66.9. The van der Waals surface area contributed by atoms with E-state index >= 15 is 0 Å². The first-order valence-corrected chi connectivity index (χ1v) is 36.0. The van der Waals surface area contributed by atoms with E-state index in [1.54, 1.807) is 6.08 Å². The van der Waals surface area contributed by atoms with Crippen molar-refractivity contribution >= 4 is 11.9 Å². The maximum atomic E-state index is 12.5. The van der Waals surface area contributed by atoms with E-state index in [0.29, 0.717) is 19.4 Å². The summed E-state index contributed by atoms with van der Waals surface area (Å²) in [6, 6.07) is -0.623. The van der Waals surface area contributed by atoms with Gasteiger partial charge in [0, 0.05) is 12.8 Å². The Morgan fingerprint density at radius 2 is 0.590 bits per heavy atom. The standard InChI is InChI=1S/C72H141NO5/c1-3-5-7-9-11-13-15-17-18-34-38-42-46-50-54-58-62-66-72(77)78-67-63-59-55-51-47-43-39-36-33-31-29-27-25-23-21-19-20-22-24-26-28-30-32-35-37-41-45-49-53-57-61-65-71(76)73-69(68-74)70(75)64-60-56-52-48-44-40-16-14-12-10-8-6-4-2/h60,64,69-70,74-75H,3-59,61-63,65-68H2,1-2H3,(H,73,76)/b64-60+. The van der Waals surface area contributed by atoms with Crippen molar-refractivity contribution in [3.63, 3.8) is 0 Å². The second kappa shape index (κ2) is 68.1. The van der Waals surface area contributed by atoms with Crippen LogP contribution in [0.2, 0.25) is 0 Å². The normalized spacial score (nSPS) is 12.5. The zero-order chi connectivity index (χ0) is 56.4. The molecule has 6 nitrogen and oxygen atoms in total. The lowest BCUT2D eigenvalue weighted by atomic mass is 10.0. The second-order valence-electron chi connectivity index (χ2n) is 24.9. The molecule has 78 heavy (non-hydrogen) atoms. The molecule has 0 saturated carbocycles. The third kappa shape index (κ3) is 63.8. The molecule has 2 atom stereocenters. The molecule has 0 aliphatic heterocycles. The molecule has 0 heterocycles. The zero-order valence-electron chi connectivity index (χ0n) is 53.2. The first kappa shape index (κ1) is 76.6. The fraction of sp³-hybridized carbons (Fsp3) is 0.944. The van der Waals surface area contributed by atoms with Gasteiger partial charge in [0.1, 0.15) is 0 Å². The summed E-state index contributed by atoms with van der Waals surface area (Å²) in [5.74, 6) is -0.0364. The van der Waals surface area contributed by atoms with Crippen LogP contribution in [0.15, 0.2) is 12.2 Å². The summed E-state index contributed by atoms with van der Waals surface area (Å²) in [5.41, 5.74) is 0. The fourth-order valence-corrected chi connectivity index (χ4v) is 11.6. The quantitative estimate of drug-likeness (QED) is 0.0320. The van der Waals surface area contributed by atoms with Crippen LogP contribution in [0.25, 0.3) is 0 Å². The Balaban J connectivity index is 3.31. The van der Waals surface area contributed by atoms with E-state index in [1.165, 1.54) is 347 Å². The van der Waals surface area contributed by atoms with Crippen LogP contribution in [0.3, 0.4) is 0 Å². The number of esters is 1. The van der Waals surface area contributed by atoms with Crippen LogP contribution < -0.4 is 5.32 Å². The first-order valence-electron chi connectivity index (χ1n) is 36.0. The number of nitrogens with one attached hydrogen (secondary N) is 1. The van der Waals surface area contributed by atoms with Crippen molar-refractivity contribution in [1.82, 2.24) is 5.32 Å². The molecule has 6 heteroatoms. The van der Waals surface area contributed by atoms with Gasteiger partial charge in [0.05, 0.1) is 25.4 Å². The molecule has 0 radical (unpaired) electrons. The fourth-order valence-electron chi connectivity index (χ4n) is 11.6. The van der Waals surface area contributed by atoms with Gasteiger partial charge in [0.2, 0.25) is 5.91 Å². The van der Waals surface area contributed by atoms with Crippen LogP contribution in [0, 0.1) is 0 Å². The molecular weight excluding hydrogens is 959 g/mol. The summed E-state index contributed by atoms with van der Waals surface area (Å²) in [7, 11) is 0. The zero-order valence-corrected chi connectivity index (χ0v) is 53.2. The molecule has 0 spiro atoms. The lowest BCUT2D eigenvalue weighted by Gasteiger charge is -2.20. The number of aliphatic hydroxyl groups excluding tert-OH is 2. The number of ether oxygens (including phenoxy) is 1. The molecule has 0 aliphatic rings. The number of aliphatic hydroxyl groups is 2. The molecule has 2 unspecified atom stereocenters. The maximum Gasteiger partial charge on any atom is 0.305 e. The summed E-state index contributed by atoms with van der Waals surface area (Å²) in [6.45, 7) is 4.94. The summed E-state index contributed by atoms with van der Waals surface area (Å²) < 4.78 is 5.51. The minimum atomic E-state index is -0.840. The molecule has 0 rings (SSSR count). The highest BCUT2D eigenvalue weighted by molar-refractivity contribution is 5.76. The van der Waals surface area contributed by atoms with Gasteiger partial charge in [-0.05, 0) is 32.1 Å². The van der Waals surface area contributed by atoms with Crippen molar-refractivity contribution in [1.29, 1.82) is 0 Å². The molecule has 0 bridgehead atoms. The molecule has 0 aromatic heterocycles. The largest absolute Gasteiger partial charge is 0.466 e. The lowest BCUT2D eigenvalue weighted by Crippen LogP contribution is -2.45. The van der Waals surface area contributed by atoms with Gasteiger partial charge in [-0.2, -0.15) is 0 Å². The monoisotopic (exact) mass is 1100 g/mol. The number of hydrogen-bond acceptors (Lipinski definition) is 5. The number of amides is 1. The average molecular weight is 1100 g/mol. The van der Waals surface area contributed by atoms with E-state index < -0.39 is 12.1 Å². The van der Waals surface area contributed by atoms with Crippen molar-refractivity contribution in [3.8, 4) is 0 Å². The Hall–Kier alpha value is -1.40. The van der Waals surface area contributed by atoms with E-state index in [4.69, 9.17) is 4.74 Å². The third-order valence-corrected chi connectivity index (χ3v) is 17.1. The number of carbonyl (C=O) groups excluding carboxylic acids is 2. The second-order valence-corrected chi connectivity index (χ2v) is 24.9. The average Bonchev–Trinajstić information content (AvgIpc) is 3.44. The highest BCUT2D eigenvalue weighted by Crippen LogP contribution is 2.19. The maximum absolute atomic E-state index is 12.5. The Morgan fingerprint density at radius 1 is 0.346 bits per heavy atom. The van der Waals surface area contributed by atoms with Crippen LogP contribution in [0.5, 0.6) is 0 Å². The highest BCUT2D eigenvalue weighted by Gasteiger charge is 2.18. The van der Waals surface area contributed by atoms with Crippen molar-refractivity contribution in [2.45, 2.75) is 424 Å². The predicted molar refractivity (Wildman–Crippen MR) is 343 cm³/mol. The SMILES string of the molecule is CCCCCCCCCCCCC/C=C/C(O)C(CO)NC(=O)CCCCCCCCCCCCCCCCCCCCCCCCCCCCCCCCCOC(=O)CCCCCCCCCCCCCCCCCCC. The molecule has 0 aromatic carbocycles. The highest BCUT2D eigenvalue weighted by atomic mass is 16.5. The first-order chi connectivity index (χ1) is 38.5. The predicted octanol–water partition coefficient (Wildman–Crippen LogP) is 23.1. The van der Waals surface area contributed by atoms with Gasteiger partial charge in [-0.3, -0.25) is 9.59 Å². The number of hydrogen-bond donors (Lipinski definition) is 3. The van der Waals surface area contributed by atoms with Gasteiger partial charge in [0.15, 0.2) is 0 Å². The van der Waals surface area contributed by atoms with Crippen LogP contribution >= 0.6 is 0 Å². The third-order valence-electron chi connectivity index (χ3n) is 17.1. The minimum absolute atomic E-state index is 0.0253. The van der Waals surface area contributed by atoms with E-state index in [1.807, 2.05) is 6.08 Å². The van der Waals surface area contributed by atoms with Gasteiger partial charge in [0.25, 0.3) is 0 Å². The van der Waals surface area contributed by atoms with Crippen LogP contribution in [-0.4, -0.2) is 47.4 Å². The lowest BCUT2D eigenvalue weighted by molar-refractivity contribution is -0.143. The Labute approximate surface area is 489 Å². The smallest absolute Gasteiger partial charge is 0.305 e. The molecule has 464 valence electrons. The van der Waals surface area contributed by atoms with Gasteiger partial charge in [-0.1, -0.05) is 379 Å². The van der Waals surface area contributed by atoms with E-state index in [-0.39, 0.29) is 18.5 Å². The molecule has 3 N–H and O–H groups in total. The topological polar surface area (TPSA) is 95.9 Å². The van der Waals surface area contributed by atoms with Gasteiger partial charge < -0.3 is 20.3 Å². The molecule has 0 aromatic rings. The van der Waals surface area contributed by atoms with Crippen LogP contribution in [-0.2, 0) is 14.3 Å². The molecule has 0 saturated heterocycles. The molecular formula is C72H141NO5. The Bertz CT molecular complexity index is 1180. The number of allylic oxidation sites excluding steroid dienone is 1. The summed E-state index contributed by atoms with van der Waals surface area (Å²) in [5, 5.41) is 23.1. The molecule has 0 fully saturated rings. The van der Waals surface area contributed by atoms with Gasteiger partial charge in [-0.15, -0.1) is 0 Å². The summed E-state index contributed by atoms with van der Waals surface area (Å²) in [6.07, 6.45) is 84.5. The molecule has 0 aliphatic carbocycles. The summed E-state index contributed by atoms with van der Waals surface area (Å²) in [4.78, 5) is 24.6. The van der Waals surface area contributed by atoms with Gasteiger partial charge in [-0.25, -0.2) is 0 Å². The van der Waals surface area contributed by atoms with Crippen molar-refractivity contribution in [2.24, 2.45) is 0 Å². The van der Waals surface area contributed by atoms with Crippen molar-refractivity contribution < 1.29 is 24.5 Å². The van der Waals surface area contributed by atoms with Crippen LogP contribution in [0.4, 0.5) is 0 Å². The Morgan fingerprint density at radius 3 is 0.872 bits per heavy atom. The van der Waals surface area contributed by atoms with E-state index in [2.05, 4.69) is 19.2 Å². The van der Waals surface area contributed by atoms with Crippen molar-refractivity contribution in [3.05, 3.63) is 12.2 Å². The van der Waals surface area contributed by atoms with Crippen molar-refractivity contribution in [2.75, 3.05) is 13.2 Å². The number of rotatable bonds is 68. The number of carbonyl (C=O) groups is 2.